The van der Waals surface area contributed by atoms with Gasteiger partial charge in [0.2, 0.25) is 0 Å². The average Bonchev–Trinajstić information content (AvgIpc) is 3.38. The number of carbonyl (C=O) groups is 1. The molecule has 4 heteroatoms. The number of benzene rings is 1. The highest BCUT2D eigenvalue weighted by Gasteiger charge is 2.31. The number of thioether (sulfide) groups is 1. The van der Waals surface area contributed by atoms with Gasteiger partial charge in [0.25, 0.3) is 0 Å². The van der Waals surface area contributed by atoms with Gasteiger partial charge in [-0.15, -0.1) is 11.8 Å². The summed E-state index contributed by atoms with van der Waals surface area (Å²) in [5.74, 6) is 1.99. The first-order chi connectivity index (χ1) is 10.5. The first-order valence-electron chi connectivity index (χ1n) is 7.73. The van der Waals surface area contributed by atoms with Crippen LogP contribution in [0.5, 0.6) is 0 Å². The van der Waals surface area contributed by atoms with Crippen molar-refractivity contribution in [1.82, 2.24) is 0 Å². The number of Topliss-reactive ketones (excluding diaryl/α,β-unsaturated/α-hetero) is 1. The van der Waals surface area contributed by atoms with Gasteiger partial charge in [-0.25, -0.2) is 0 Å². The van der Waals surface area contributed by atoms with Crippen LogP contribution >= 0.6 is 23.4 Å². The van der Waals surface area contributed by atoms with Crippen LogP contribution in [0, 0.1) is 24.2 Å². The standard InChI is InChI=1S/C18H20ClNOS/c1-10-14(17(21)11(2)16(20)13-5-6-13)7-8-15(19)18(10)22-9-12-3-4-12/h7-8,12-13,20H,2-6,9H2,1H3. The van der Waals surface area contributed by atoms with E-state index in [4.69, 9.17) is 17.0 Å². The van der Waals surface area contributed by atoms with Crippen LogP contribution in [0.1, 0.15) is 41.6 Å². The Morgan fingerprint density at radius 2 is 2.05 bits per heavy atom. The molecule has 0 radical (unpaired) electrons. The second kappa shape index (κ2) is 6.21. The molecule has 0 bridgehead atoms. The van der Waals surface area contributed by atoms with Crippen molar-refractivity contribution in [1.29, 1.82) is 5.41 Å². The van der Waals surface area contributed by atoms with Gasteiger partial charge in [0.1, 0.15) is 0 Å². The second-order valence-corrected chi connectivity index (χ2v) is 7.74. The molecule has 1 aromatic carbocycles. The predicted molar refractivity (Wildman–Crippen MR) is 93.6 cm³/mol. The molecule has 0 amide bonds. The molecule has 0 spiro atoms. The number of hydrogen-bond acceptors (Lipinski definition) is 3. The SMILES string of the molecule is C=C(C(=N)C1CC1)C(=O)c1ccc(Cl)c(SCC2CC2)c1C. The van der Waals surface area contributed by atoms with Crippen LogP contribution in [0.3, 0.4) is 0 Å². The third-order valence-electron chi connectivity index (χ3n) is 4.35. The molecule has 2 aliphatic carbocycles. The van der Waals surface area contributed by atoms with Gasteiger partial charge in [-0.2, -0.15) is 0 Å². The lowest BCUT2D eigenvalue weighted by molar-refractivity contribution is 0.103. The molecule has 0 aromatic heterocycles. The van der Waals surface area contributed by atoms with Crippen molar-refractivity contribution in [2.45, 2.75) is 37.5 Å². The normalized spacial score (nSPS) is 17.4. The van der Waals surface area contributed by atoms with Crippen molar-refractivity contribution < 1.29 is 4.79 Å². The van der Waals surface area contributed by atoms with Gasteiger partial charge in [-0.1, -0.05) is 18.2 Å². The smallest absolute Gasteiger partial charge is 0.194 e. The van der Waals surface area contributed by atoms with E-state index < -0.39 is 0 Å². The minimum atomic E-state index is -0.126. The lowest BCUT2D eigenvalue weighted by Crippen LogP contribution is -2.14. The molecular weight excluding hydrogens is 314 g/mol. The molecule has 1 aromatic rings. The second-order valence-electron chi connectivity index (χ2n) is 6.30. The summed E-state index contributed by atoms with van der Waals surface area (Å²) in [5.41, 5.74) is 2.31. The summed E-state index contributed by atoms with van der Waals surface area (Å²) in [7, 11) is 0. The maximum absolute atomic E-state index is 12.7. The third-order valence-corrected chi connectivity index (χ3v) is 6.23. The fourth-order valence-corrected chi connectivity index (χ4v) is 4.11. The van der Waals surface area contributed by atoms with Crippen molar-refractivity contribution in [3.05, 3.63) is 40.4 Å². The van der Waals surface area contributed by atoms with Crippen LogP contribution < -0.4 is 0 Å². The Morgan fingerprint density at radius 1 is 1.36 bits per heavy atom. The molecule has 2 fully saturated rings. The highest BCUT2D eigenvalue weighted by atomic mass is 35.5. The fourth-order valence-electron chi connectivity index (χ4n) is 2.47. The zero-order valence-corrected chi connectivity index (χ0v) is 14.3. The van der Waals surface area contributed by atoms with E-state index in [0.29, 0.717) is 21.9 Å². The van der Waals surface area contributed by atoms with E-state index in [-0.39, 0.29) is 11.7 Å². The van der Waals surface area contributed by atoms with E-state index in [2.05, 4.69) is 6.58 Å². The summed E-state index contributed by atoms with van der Waals surface area (Å²) in [5, 5.41) is 8.76. The predicted octanol–water partition coefficient (Wildman–Crippen LogP) is 5.32. The Hall–Kier alpha value is -1.06. The molecule has 0 aliphatic heterocycles. The van der Waals surface area contributed by atoms with Crippen LogP contribution in [0.4, 0.5) is 0 Å². The average molecular weight is 334 g/mol. The lowest BCUT2D eigenvalue weighted by atomic mass is 9.95. The molecule has 0 unspecified atom stereocenters. The van der Waals surface area contributed by atoms with Crippen molar-refractivity contribution in [3.8, 4) is 0 Å². The number of rotatable bonds is 7. The number of nitrogens with one attached hydrogen (secondary N) is 1. The zero-order chi connectivity index (χ0) is 15.9. The topological polar surface area (TPSA) is 40.9 Å². The first-order valence-corrected chi connectivity index (χ1v) is 9.09. The summed E-state index contributed by atoms with van der Waals surface area (Å²) < 4.78 is 0. The summed E-state index contributed by atoms with van der Waals surface area (Å²) in [6.45, 7) is 5.80. The Balaban J connectivity index is 1.82. The van der Waals surface area contributed by atoms with E-state index in [1.54, 1.807) is 23.9 Å². The number of hydrogen-bond donors (Lipinski definition) is 1. The largest absolute Gasteiger partial charge is 0.304 e. The minimum Gasteiger partial charge on any atom is -0.304 e. The fraction of sp³-hybridized carbons (Fsp3) is 0.444. The van der Waals surface area contributed by atoms with Crippen molar-refractivity contribution in [2.24, 2.45) is 11.8 Å². The Labute approximate surface area is 140 Å². The molecule has 22 heavy (non-hydrogen) atoms. The molecule has 2 aliphatic rings. The number of allylic oxidation sites excluding steroid dienone is 1. The molecule has 2 saturated carbocycles. The van der Waals surface area contributed by atoms with Gasteiger partial charge in [0.05, 0.1) is 5.02 Å². The maximum atomic E-state index is 12.7. The van der Waals surface area contributed by atoms with Crippen LogP contribution in [-0.4, -0.2) is 17.2 Å². The molecule has 2 nitrogen and oxygen atoms in total. The monoisotopic (exact) mass is 333 g/mol. The zero-order valence-electron chi connectivity index (χ0n) is 12.7. The number of halogens is 1. The van der Waals surface area contributed by atoms with Crippen LogP contribution in [0.25, 0.3) is 0 Å². The molecule has 0 saturated heterocycles. The van der Waals surface area contributed by atoms with Crippen LogP contribution in [0.2, 0.25) is 5.02 Å². The van der Waals surface area contributed by atoms with Crippen LogP contribution in [0.15, 0.2) is 29.2 Å². The summed E-state index contributed by atoms with van der Waals surface area (Å²) >= 11 is 8.06. The highest BCUT2D eigenvalue weighted by Crippen LogP contribution is 2.40. The van der Waals surface area contributed by atoms with Crippen molar-refractivity contribution >= 4 is 34.9 Å². The molecular formula is C18H20ClNOS. The highest BCUT2D eigenvalue weighted by molar-refractivity contribution is 7.99. The quantitative estimate of drug-likeness (QED) is 0.317. The van der Waals surface area contributed by atoms with E-state index in [1.807, 2.05) is 6.92 Å². The van der Waals surface area contributed by atoms with Gasteiger partial charge in [0, 0.05) is 33.4 Å². The van der Waals surface area contributed by atoms with Crippen molar-refractivity contribution in [2.75, 3.05) is 5.75 Å². The number of ketones is 1. The van der Waals surface area contributed by atoms with Gasteiger partial charge >= 0.3 is 0 Å². The van der Waals surface area contributed by atoms with Crippen molar-refractivity contribution in [3.63, 3.8) is 0 Å². The van der Waals surface area contributed by atoms with E-state index in [9.17, 15) is 4.79 Å². The van der Waals surface area contributed by atoms with Gasteiger partial charge < -0.3 is 5.41 Å². The Bertz CT molecular complexity index is 659. The number of carbonyl (C=O) groups excluding carboxylic acids is 1. The molecule has 0 atom stereocenters. The molecule has 0 heterocycles. The lowest BCUT2D eigenvalue weighted by Gasteiger charge is -2.13. The molecule has 1 N–H and O–H groups in total. The summed E-state index contributed by atoms with van der Waals surface area (Å²) in [6.07, 6.45) is 4.62. The van der Waals surface area contributed by atoms with Gasteiger partial charge in [0.15, 0.2) is 5.78 Å². The Kier molecular flexibility index (Phi) is 4.47. The van der Waals surface area contributed by atoms with Gasteiger partial charge in [-0.3, -0.25) is 4.79 Å². The van der Waals surface area contributed by atoms with E-state index in [1.165, 1.54) is 12.8 Å². The van der Waals surface area contributed by atoms with Gasteiger partial charge in [-0.05, 0) is 56.2 Å². The summed E-state index contributed by atoms with van der Waals surface area (Å²) in [6, 6.07) is 3.57. The summed E-state index contributed by atoms with van der Waals surface area (Å²) in [4.78, 5) is 13.7. The maximum Gasteiger partial charge on any atom is 0.194 e. The molecule has 3 rings (SSSR count). The Morgan fingerprint density at radius 3 is 2.64 bits per heavy atom. The third kappa shape index (κ3) is 3.31. The minimum absolute atomic E-state index is 0.126. The van der Waals surface area contributed by atoms with E-state index in [0.717, 1.165) is 35.0 Å². The van der Waals surface area contributed by atoms with E-state index >= 15 is 0 Å². The molecule has 116 valence electrons. The first kappa shape index (κ1) is 15.8. The van der Waals surface area contributed by atoms with Crippen LogP contribution in [-0.2, 0) is 0 Å².